The minimum atomic E-state index is -2.72. The lowest BCUT2D eigenvalue weighted by Gasteiger charge is -2.38. The van der Waals surface area contributed by atoms with Crippen molar-refractivity contribution >= 4 is 22.8 Å². The molecule has 1 saturated carbocycles. The molecule has 2 aliphatic rings. The first kappa shape index (κ1) is 17.9. The monoisotopic (exact) mass is 375 g/mol. The average Bonchev–Trinajstić information content (AvgIpc) is 2.97. The van der Waals surface area contributed by atoms with Crippen molar-refractivity contribution in [3.05, 3.63) is 30.7 Å². The van der Waals surface area contributed by atoms with Gasteiger partial charge in [-0.15, -0.1) is 0 Å². The van der Waals surface area contributed by atoms with E-state index < -0.39 is 11.3 Å². The van der Waals surface area contributed by atoms with Gasteiger partial charge in [0, 0.05) is 31.2 Å². The first-order chi connectivity index (χ1) is 12.8. The molecule has 1 aliphatic heterocycles. The van der Waals surface area contributed by atoms with E-state index in [-0.39, 0.29) is 24.4 Å². The fraction of sp³-hybridized carbons (Fsp3) is 0.526. The van der Waals surface area contributed by atoms with Crippen molar-refractivity contribution in [2.24, 2.45) is 0 Å². The molecule has 0 bridgehead atoms. The zero-order valence-corrected chi connectivity index (χ0v) is 15.4. The number of carbonyl (C=O) groups excluding carboxylic acids is 1. The van der Waals surface area contributed by atoms with E-state index in [0.29, 0.717) is 29.0 Å². The fourth-order valence-electron chi connectivity index (χ4n) is 4.04. The summed E-state index contributed by atoms with van der Waals surface area (Å²) < 4.78 is 27.9. The minimum absolute atomic E-state index is 0.0153. The average molecular weight is 375 g/mol. The van der Waals surface area contributed by atoms with Gasteiger partial charge in [0.2, 0.25) is 5.91 Å². The van der Waals surface area contributed by atoms with Crippen LogP contribution in [0.25, 0.3) is 11.0 Å². The van der Waals surface area contributed by atoms with Crippen molar-refractivity contribution in [3.63, 3.8) is 0 Å². The number of nitrogens with zero attached hydrogens (tertiary/aromatic N) is 3. The second-order valence-electron chi connectivity index (χ2n) is 7.82. The third-order valence-electron chi connectivity index (χ3n) is 6.00. The molecule has 3 heterocycles. The van der Waals surface area contributed by atoms with E-state index in [2.05, 4.69) is 26.8 Å². The lowest BCUT2D eigenvalue weighted by atomic mass is 9.96. The molecular formula is C19H23F2N5O. The van der Waals surface area contributed by atoms with Gasteiger partial charge in [-0.3, -0.25) is 4.79 Å². The molecule has 0 spiro atoms. The summed E-state index contributed by atoms with van der Waals surface area (Å²) in [5.41, 5.74) is -0.123. The third-order valence-corrected chi connectivity index (χ3v) is 6.00. The molecule has 3 atom stereocenters. The van der Waals surface area contributed by atoms with Crippen LogP contribution >= 0.6 is 0 Å². The lowest BCUT2D eigenvalue weighted by molar-refractivity contribution is -0.129. The van der Waals surface area contributed by atoms with Crippen molar-refractivity contribution in [2.45, 2.75) is 56.5 Å². The fourth-order valence-corrected chi connectivity index (χ4v) is 4.04. The molecule has 0 radical (unpaired) electrons. The molecule has 2 N–H and O–H groups in total. The number of alkyl halides is 2. The molecule has 4 rings (SSSR count). The third kappa shape index (κ3) is 2.78. The summed E-state index contributed by atoms with van der Waals surface area (Å²) in [6.45, 7) is 7.67. The second kappa shape index (κ2) is 6.00. The number of anilines is 1. The van der Waals surface area contributed by atoms with Crippen molar-refractivity contribution in [2.75, 3.05) is 11.9 Å². The number of hydrogen-bond acceptors (Lipinski definition) is 4. The number of aromatic nitrogens is 3. The Bertz CT molecular complexity index is 911. The molecule has 2 fully saturated rings. The Morgan fingerprint density at radius 2 is 2.19 bits per heavy atom. The number of likely N-dealkylation sites (tertiary alicyclic amines) is 1. The van der Waals surface area contributed by atoms with Crippen LogP contribution < -0.4 is 5.32 Å². The van der Waals surface area contributed by atoms with Crippen LogP contribution in [-0.2, 0) is 10.2 Å². The largest absolute Gasteiger partial charge is 0.365 e. The normalized spacial score (nSPS) is 29.6. The van der Waals surface area contributed by atoms with Gasteiger partial charge in [0.05, 0.1) is 10.8 Å². The van der Waals surface area contributed by atoms with Gasteiger partial charge < -0.3 is 15.2 Å². The smallest absolute Gasteiger partial charge is 0.258 e. The maximum absolute atomic E-state index is 14.0. The Morgan fingerprint density at radius 3 is 2.85 bits per heavy atom. The molecule has 0 aromatic carbocycles. The molecule has 1 amide bonds. The zero-order chi connectivity index (χ0) is 19.4. The molecule has 2 aromatic rings. The maximum atomic E-state index is 14.0. The van der Waals surface area contributed by atoms with Gasteiger partial charge in [-0.2, -0.15) is 0 Å². The summed E-state index contributed by atoms with van der Waals surface area (Å²) in [6.07, 6.45) is 5.88. The summed E-state index contributed by atoms with van der Waals surface area (Å²) in [4.78, 5) is 25.4. The number of piperidine rings is 1. The van der Waals surface area contributed by atoms with Crippen LogP contribution in [0.4, 0.5) is 14.6 Å². The highest BCUT2D eigenvalue weighted by Gasteiger charge is 2.69. The second-order valence-corrected chi connectivity index (χ2v) is 7.82. The summed E-state index contributed by atoms with van der Waals surface area (Å²) in [7, 11) is 0. The van der Waals surface area contributed by atoms with Crippen LogP contribution in [0.15, 0.2) is 25.2 Å². The van der Waals surface area contributed by atoms with Gasteiger partial charge >= 0.3 is 0 Å². The molecular weight excluding hydrogens is 352 g/mol. The lowest BCUT2D eigenvalue weighted by Crippen LogP contribution is -2.49. The van der Waals surface area contributed by atoms with E-state index in [0.717, 1.165) is 12.8 Å². The highest BCUT2D eigenvalue weighted by molar-refractivity contribution is 5.92. The number of nitrogens with one attached hydrogen (secondary N) is 2. The summed E-state index contributed by atoms with van der Waals surface area (Å²) in [6, 6.07) is 0.129. The van der Waals surface area contributed by atoms with E-state index in [9.17, 15) is 13.6 Å². The van der Waals surface area contributed by atoms with Gasteiger partial charge in [-0.25, -0.2) is 18.7 Å². The predicted octanol–water partition coefficient (Wildman–Crippen LogP) is 3.23. The number of rotatable bonds is 4. The van der Waals surface area contributed by atoms with Crippen molar-refractivity contribution in [1.29, 1.82) is 0 Å². The summed E-state index contributed by atoms with van der Waals surface area (Å²) in [5, 5.41) is 3.97. The highest BCUT2D eigenvalue weighted by Crippen LogP contribution is 2.62. The summed E-state index contributed by atoms with van der Waals surface area (Å²) in [5.74, 6) is -2.29. The molecule has 8 heteroatoms. The standard InChI is InChI=1S/C19H23F2N5O/c1-4-14(27)26-8-12(6-5-11(26)2)25-17-15-13(18(3)9-19(18,20)21)7-22-16(15)23-10-24-17/h4,7,10-12H,1,5-6,8-9H2,2-3H3,(H2,22,23,24,25). The number of halogens is 2. The highest BCUT2D eigenvalue weighted by atomic mass is 19.3. The predicted molar refractivity (Wildman–Crippen MR) is 98.8 cm³/mol. The van der Waals surface area contributed by atoms with Crippen molar-refractivity contribution in [1.82, 2.24) is 19.9 Å². The molecule has 2 aromatic heterocycles. The molecule has 1 aliphatic carbocycles. The van der Waals surface area contributed by atoms with Crippen molar-refractivity contribution < 1.29 is 13.6 Å². The van der Waals surface area contributed by atoms with Gasteiger partial charge in [0.1, 0.15) is 17.8 Å². The van der Waals surface area contributed by atoms with Crippen LogP contribution in [0.5, 0.6) is 0 Å². The van der Waals surface area contributed by atoms with Crippen LogP contribution in [0.2, 0.25) is 0 Å². The van der Waals surface area contributed by atoms with Crippen molar-refractivity contribution in [3.8, 4) is 0 Å². The minimum Gasteiger partial charge on any atom is -0.365 e. The van der Waals surface area contributed by atoms with E-state index in [1.165, 1.54) is 12.4 Å². The molecule has 1 saturated heterocycles. The first-order valence-corrected chi connectivity index (χ1v) is 9.17. The van der Waals surface area contributed by atoms with Gasteiger partial charge in [-0.1, -0.05) is 6.58 Å². The van der Waals surface area contributed by atoms with Crippen LogP contribution in [0.3, 0.4) is 0 Å². The maximum Gasteiger partial charge on any atom is 0.258 e. The number of amides is 1. The molecule has 3 unspecified atom stereocenters. The first-order valence-electron chi connectivity index (χ1n) is 9.17. The van der Waals surface area contributed by atoms with Gasteiger partial charge in [-0.05, 0) is 38.3 Å². The Balaban J connectivity index is 1.64. The topological polar surface area (TPSA) is 73.9 Å². The van der Waals surface area contributed by atoms with E-state index in [4.69, 9.17) is 0 Å². The van der Waals surface area contributed by atoms with Crippen LogP contribution in [0, 0.1) is 0 Å². The van der Waals surface area contributed by atoms with Gasteiger partial charge in [0.15, 0.2) is 0 Å². The number of aromatic amines is 1. The Morgan fingerprint density at radius 1 is 1.44 bits per heavy atom. The number of H-pyrrole nitrogens is 1. The number of fused-ring (bicyclic) bond motifs is 1. The zero-order valence-electron chi connectivity index (χ0n) is 15.4. The Hall–Kier alpha value is -2.51. The molecule has 6 nitrogen and oxygen atoms in total. The quantitative estimate of drug-likeness (QED) is 0.805. The van der Waals surface area contributed by atoms with Gasteiger partial charge in [0.25, 0.3) is 5.92 Å². The molecule has 27 heavy (non-hydrogen) atoms. The van der Waals surface area contributed by atoms with E-state index in [1.807, 2.05) is 6.92 Å². The Labute approximate surface area is 156 Å². The van der Waals surface area contributed by atoms with Crippen LogP contribution in [-0.4, -0.2) is 50.3 Å². The Kier molecular flexibility index (Phi) is 3.98. The molecule has 144 valence electrons. The summed E-state index contributed by atoms with van der Waals surface area (Å²) >= 11 is 0. The van der Waals surface area contributed by atoms with E-state index in [1.54, 1.807) is 18.0 Å². The SMILES string of the molecule is C=CC(=O)N1CC(Nc2ncnc3[nH]cc(C4(C)CC4(F)F)c23)CCC1C. The van der Waals surface area contributed by atoms with E-state index >= 15 is 0 Å². The number of hydrogen-bond donors (Lipinski definition) is 2. The number of carbonyl (C=O) groups is 1. The van der Waals surface area contributed by atoms with Crippen LogP contribution in [0.1, 0.15) is 38.7 Å².